The Morgan fingerprint density at radius 3 is 2.76 bits per heavy atom. The maximum Gasteiger partial charge on any atom is 0.243 e. The lowest BCUT2D eigenvalue weighted by Crippen LogP contribution is -2.57. The molecule has 7 heteroatoms. The van der Waals surface area contributed by atoms with Crippen molar-refractivity contribution in [3.8, 4) is 0 Å². The summed E-state index contributed by atoms with van der Waals surface area (Å²) in [5.74, 6) is 0.347. The summed E-state index contributed by atoms with van der Waals surface area (Å²) < 4.78 is 27.7. The summed E-state index contributed by atoms with van der Waals surface area (Å²) in [6, 6.07) is 7.19. The van der Waals surface area contributed by atoms with Crippen LogP contribution >= 0.6 is 0 Å². The van der Waals surface area contributed by atoms with Crippen LogP contribution in [0.5, 0.6) is 0 Å². The molecule has 2 heterocycles. The third kappa shape index (κ3) is 3.88. The number of rotatable bonds is 4. The van der Waals surface area contributed by atoms with Crippen molar-refractivity contribution in [1.82, 2.24) is 14.5 Å². The van der Waals surface area contributed by atoms with Gasteiger partial charge in [0.2, 0.25) is 15.9 Å². The van der Waals surface area contributed by atoms with E-state index >= 15 is 0 Å². The van der Waals surface area contributed by atoms with Crippen molar-refractivity contribution in [2.75, 3.05) is 32.7 Å². The van der Waals surface area contributed by atoms with E-state index in [1.54, 1.807) is 16.4 Å². The van der Waals surface area contributed by atoms with Gasteiger partial charge in [-0.1, -0.05) is 26.0 Å². The van der Waals surface area contributed by atoms with Crippen molar-refractivity contribution in [3.05, 3.63) is 29.8 Å². The van der Waals surface area contributed by atoms with Crippen LogP contribution in [0.2, 0.25) is 0 Å². The minimum absolute atomic E-state index is 0.0218. The van der Waals surface area contributed by atoms with E-state index in [9.17, 15) is 13.2 Å². The molecule has 138 valence electrons. The van der Waals surface area contributed by atoms with E-state index in [4.69, 9.17) is 0 Å². The largest absolute Gasteiger partial charge is 0.336 e. The highest BCUT2D eigenvalue weighted by Gasteiger charge is 2.35. The van der Waals surface area contributed by atoms with E-state index in [0.717, 1.165) is 24.9 Å². The van der Waals surface area contributed by atoms with Gasteiger partial charge in [-0.15, -0.1) is 0 Å². The van der Waals surface area contributed by atoms with Gasteiger partial charge in [0.15, 0.2) is 0 Å². The molecule has 1 N–H and O–H groups in total. The number of hydrogen-bond acceptors (Lipinski definition) is 4. The average molecular weight is 365 g/mol. The van der Waals surface area contributed by atoms with Gasteiger partial charge in [0, 0.05) is 32.2 Å². The van der Waals surface area contributed by atoms with Crippen molar-refractivity contribution in [1.29, 1.82) is 0 Å². The molecule has 0 radical (unpaired) electrons. The Morgan fingerprint density at radius 1 is 1.24 bits per heavy atom. The zero-order valence-corrected chi connectivity index (χ0v) is 15.8. The Hall–Kier alpha value is -1.44. The standard InChI is InChI=1S/C18H27N3O3S/c1-14(2)15-5-3-7-17(11-15)25(23,24)20-9-4-6-16(13-20)21-10-8-19-12-18(21)22/h3,5,7,11,14,16,19H,4,6,8-10,12-13H2,1-2H3. The van der Waals surface area contributed by atoms with Gasteiger partial charge in [-0.25, -0.2) is 8.42 Å². The average Bonchev–Trinajstić information content (AvgIpc) is 2.62. The molecule has 1 atom stereocenters. The monoisotopic (exact) mass is 365 g/mol. The molecular formula is C18H27N3O3S. The second-order valence-electron chi connectivity index (χ2n) is 7.15. The van der Waals surface area contributed by atoms with Crippen LogP contribution in [0, 0.1) is 0 Å². The highest BCUT2D eigenvalue weighted by atomic mass is 32.2. The maximum absolute atomic E-state index is 13.1. The predicted molar refractivity (Wildman–Crippen MR) is 96.9 cm³/mol. The second-order valence-corrected chi connectivity index (χ2v) is 9.09. The van der Waals surface area contributed by atoms with Gasteiger partial charge < -0.3 is 10.2 Å². The van der Waals surface area contributed by atoms with Crippen LogP contribution in [-0.2, 0) is 14.8 Å². The Labute approximate surface area is 150 Å². The first-order valence-electron chi connectivity index (χ1n) is 9.00. The summed E-state index contributed by atoms with van der Waals surface area (Å²) in [5, 5.41) is 3.06. The molecule has 0 spiro atoms. The minimum atomic E-state index is -3.53. The Balaban J connectivity index is 1.80. The summed E-state index contributed by atoms with van der Waals surface area (Å²) in [4.78, 5) is 14.3. The molecule has 0 aliphatic carbocycles. The Morgan fingerprint density at radius 2 is 2.04 bits per heavy atom. The van der Waals surface area contributed by atoms with Crippen LogP contribution < -0.4 is 5.32 Å². The Bertz CT molecular complexity index is 733. The molecule has 2 aliphatic heterocycles. The van der Waals surface area contributed by atoms with Gasteiger partial charge >= 0.3 is 0 Å². The molecule has 2 fully saturated rings. The van der Waals surface area contributed by atoms with Crippen molar-refractivity contribution >= 4 is 15.9 Å². The first-order chi connectivity index (χ1) is 11.9. The summed E-state index contributed by atoms with van der Waals surface area (Å²) >= 11 is 0. The highest BCUT2D eigenvalue weighted by molar-refractivity contribution is 7.89. The number of carbonyl (C=O) groups is 1. The van der Waals surface area contributed by atoms with Gasteiger partial charge in [0.1, 0.15) is 0 Å². The fourth-order valence-electron chi connectivity index (χ4n) is 3.58. The fraction of sp³-hybridized carbons (Fsp3) is 0.611. The predicted octanol–water partition coefficient (Wildman–Crippen LogP) is 1.39. The van der Waals surface area contributed by atoms with Crippen LogP contribution in [0.1, 0.15) is 38.2 Å². The zero-order chi connectivity index (χ0) is 18.0. The van der Waals surface area contributed by atoms with Crippen LogP contribution in [-0.4, -0.2) is 62.3 Å². The van der Waals surface area contributed by atoms with E-state index in [2.05, 4.69) is 19.2 Å². The molecule has 2 saturated heterocycles. The zero-order valence-electron chi connectivity index (χ0n) is 14.9. The lowest BCUT2D eigenvalue weighted by molar-refractivity contribution is -0.135. The summed E-state index contributed by atoms with van der Waals surface area (Å²) in [6.07, 6.45) is 1.65. The summed E-state index contributed by atoms with van der Waals surface area (Å²) in [5.41, 5.74) is 1.02. The molecule has 0 saturated carbocycles. The number of piperazine rings is 1. The molecule has 0 bridgehead atoms. The molecule has 1 aromatic rings. The van der Waals surface area contributed by atoms with Crippen LogP contribution in [0.25, 0.3) is 0 Å². The SMILES string of the molecule is CC(C)c1cccc(S(=O)(=O)N2CCCC(N3CCNCC3=O)C2)c1. The normalized spacial score (nSPS) is 23.2. The number of piperidine rings is 1. The molecule has 1 unspecified atom stereocenters. The van der Waals surface area contributed by atoms with Crippen molar-refractivity contribution < 1.29 is 13.2 Å². The molecule has 1 amide bonds. The van der Waals surface area contributed by atoms with Crippen molar-refractivity contribution in [3.63, 3.8) is 0 Å². The van der Waals surface area contributed by atoms with Gasteiger partial charge in [-0.3, -0.25) is 4.79 Å². The highest BCUT2D eigenvalue weighted by Crippen LogP contribution is 2.25. The smallest absolute Gasteiger partial charge is 0.243 e. The molecule has 3 rings (SSSR count). The third-order valence-corrected chi connectivity index (χ3v) is 6.95. The van der Waals surface area contributed by atoms with Crippen molar-refractivity contribution in [2.45, 2.75) is 43.5 Å². The van der Waals surface area contributed by atoms with Gasteiger partial charge in [-0.05, 0) is 36.5 Å². The minimum Gasteiger partial charge on any atom is -0.336 e. The number of amides is 1. The molecule has 2 aliphatic rings. The first-order valence-corrected chi connectivity index (χ1v) is 10.4. The lowest BCUT2D eigenvalue weighted by Gasteiger charge is -2.40. The second kappa shape index (κ2) is 7.43. The first kappa shape index (κ1) is 18.4. The molecule has 0 aromatic heterocycles. The number of hydrogen-bond donors (Lipinski definition) is 1. The quantitative estimate of drug-likeness (QED) is 0.876. The van der Waals surface area contributed by atoms with Crippen molar-refractivity contribution in [2.24, 2.45) is 0 Å². The van der Waals surface area contributed by atoms with Gasteiger partial charge in [0.25, 0.3) is 0 Å². The topological polar surface area (TPSA) is 69.7 Å². The number of carbonyl (C=O) groups excluding carboxylic acids is 1. The van der Waals surface area contributed by atoms with E-state index in [1.807, 2.05) is 17.0 Å². The number of sulfonamides is 1. The van der Waals surface area contributed by atoms with Gasteiger partial charge in [0.05, 0.1) is 11.4 Å². The summed E-state index contributed by atoms with van der Waals surface area (Å²) in [7, 11) is -3.53. The van der Waals surface area contributed by atoms with E-state index in [0.29, 0.717) is 31.1 Å². The van der Waals surface area contributed by atoms with E-state index in [1.165, 1.54) is 0 Å². The summed E-state index contributed by atoms with van der Waals surface area (Å²) in [6.45, 7) is 6.79. The number of nitrogens with zero attached hydrogens (tertiary/aromatic N) is 2. The Kier molecular flexibility index (Phi) is 5.46. The molecular weight excluding hydrogens is 338 g/mol. The van der Waals surface area contributed by atoms with Crippen LogP contribution in [0.15, 0.2) is 29.2 Å². The molecule has 1 aromatic carbocycles. The van der Waals surface area contributed by atoms with E-state index in [-0.39, 0.29) is 17.9 Å². The molecule has 6 nitrogen and oxygen atoms in total. The van der Waals surface area contributed by atoms with E-state index < -0.39 is 10.0 Å². The molecule has 25 heavy (non-hydrogen) atoms. The van der Waals surface area contributed by atoms with Gasteiger partial charge in [-0.2, -0.15) is 4.31 Å². The number of benzene rings is 1. The maximum atomic E-state index is 13.1. The number of nitrogens with one attached hydrogen (secondary N) is 1. The third-order valence-electron chi connectivity index (χ3n) is 5.09. The lowest BCUT2D eigenvalue weighted by atomic mass is 10.0. The fourth-order valence-corrected chi connectivity index (χ4v) is 5.16. The van der Waals surface area contributed by atoms with Crippen LogP contribution in [0.3, 0.4) is 0 Å². The van der Waals surface area contributed by atoms with Crippen LogP contribution in [0.4, 0.5) is 0 Å².